The Morgan fingerprint density at radius 1 is 1.04 bits per heavy atom. The molecule has 0 radical (unpaired) electrons. The number of carbonyl (C=O) groups is 1. The number of nitrogens with zero attached hydrogens (tertiary/aromatic N) is 2. The van der Waals surface area contributed by atoms with Gasteiger partial charge in [-0.25, -0.2) is 4.98 Å². The minimum atomic E-state index is -0.0917. The first-order valence-electron chi connectivity index (χ1n) is 9.13. The molecule has 140 valence electrons. The molecule has 0 saturated heterocycles. The van der Waals surface area contributed by atoms with E-state index < -0.39 is 0 Å². The largest absolute Gasteiger partial charge is 0.345 e. The Morgan fingerprint density at radius 2 is 1.82 bits per heavy atom. The summed E-state index contributed by atoms with van der Waals surface area (Å²) in [7, 11) is 0. The SMILES string of the molecule is Cc1cccc(C(=O)NCc2nc3ccccc3n2Cc2ccc(Br)cc2)c1. The predicted molar refractivity (Wildman–Crippen MR) is 115 cm³/mol. The van der Waals surface area contributed by atoms with Gasteiger partial charge in [-0.05, 0) is 48.9 Å². The molecule has 0 aliphatic heterocycles. The summed E-state index contributed by atoms with van der Waals surface area (Å²) in [5.41, 5.74) is 4.90. The first-order chi connectivity index (χ1) is 13.6. The highest BCUT2D eigenvalue weighted by molar-refractivity contribution is 9.10. The zero-order valence-corrected chi connectivity index (χ0v) is 17.1. The van der Waals surface area contributed by atoms with Crippen LogP contribution in [0.1, 0.15) is 27.3 Å². The van der Waals surface area contributed by atoms with Crippen molar-refractivity contribution in [1.82, 2.24) is 14.9 Å². The zero-order chi connectivity index (χ0) is 19.5. The fourth-order valence-corrected chi connectivity index (χ4v) is 3.52. The summed E-state index contributed by atoms with van der Waals surface area (Å²) in [4.78, 5) is 17.3. The van der Waals surface area contributed by atoms with E-state index in [0.717, 1.165) is 26.9 Å². The van der Waals surface area contributed by atoms with Gasteiger partial charge in [-0.1, -0.05) is 57.9 Å². The summed E-state index contributed by atoms with van der Waals surface area (Å²) in [6.45, 7) is 3.05. The maximum Gasteiger partial charge on any atom is 0.251 e. The summed E-state index contributed by atoms with van der Waals surface area (Å²) in [6.07, 6.45) is 0. The Morgan fingerprint density at radius 3 is 2.61 bits per heavy atom. The molecule has 0 aliphatic rings. The van der Waals surface area contributed by atoms with Crippen LogP contribution in [-0.4, -0.2) is 15.5 Å². The first kappa shape index (κ1) is 18.4. The number of hydrogen-bond acceptors (Lipinski definition) is 2. The van der Waals surface area contributed by atoms with E-state index >= 15 is 0 Å². The van der Waals surface area contributed by atoms with Gasteiger partial charge < -0.3 is 9.88 Å². The van der Waals surface area contributed by atoms with Gasteiger partial charge in [0.15, 0.2) is 0 Å². The summed E-state index contributed by atoms with van der Waals surface area (Å²) in [5, 5.41) is 3.01. The number of carbonyl (C=O) groups excluding carboxylic acids is 1. The fraction of sp³-hybridized carbons (Fsp3) is 0.130. The van der Waals surface area contributed by atoms with Crippen LogP contribution in [0.3, 0.4) is 0 Å². The lowest BCUT2D eigenvalue weighted by Gasteiger charge is -2.11. The quantitative estimate of drug-likeness (QED) is 0.476. The highest BCUT2D eigenvalue weighted by Gasteiger charge is 2.13. The summed E-state index contributed by atoms with van der Waals surface area (Å²) < 4.78 is 3.21. The van der Waals surface area contributed by atoms with E-state index in [1.54, 1.807) is 0 Å². The first-order valence-corrected chi connectivity index (χ1v) is 9.93. The van der Waals surface area contributed by atoms with Crippen molar-refractivity contribution in [3.8, 4) is 0 Å². The van der Waals surface area contributed by atoms with Crippen LogP contribution in [0.25, 0.3) is 11.0 Å². The molecule has 0 bridgehead atoms. The minimum Gasteiger partial charge on any atom is -0.345 e. The van der Waals surface area contributed by atoms with Crippen LogP contribution in [0.4, 0.5) is 0 Å². The molecule has 4 rings (SSSR count). The van der Waals surface area contributed by atoms with Crippen molar-refractivity contribution >= 4 is 32.9 Å². The van der Waals surface area contributed by atoms with Gasteiger partial charge in [-0.2, -0.15) is 0 Å². The van der Waals surface area contributed by atoms with Gasteiger partial charge in [0.25, 0.3) is 5.91 Å². The molecule has 3 aromatic carbocycles. The van der Waals surface area contributed by atoms with Gasteiger partial charge >= 0.3 is 0 Å². The maximum absolute atomic E-state index is 12.5. The third-order valence-electron chi connectivity index (χ3n) is 4.67. The van der Waals surface area contributed by atoms with Gasteiger partial charge in [0, 0.05) is 16.6 Å². The summed E-state index contributed by atoms with van der Waals surface area (Å²) in [6, 6.07) is 23.9. The Kier molecular flexibility index (Phi) is 5.26. The molecule has 0 atom stereocenters. The van der Waals surface area contributed by atoms with Crippen molar-refractivity contribution in [2.24, 2.45) is 0 Å². The molecule has 4 aromatic rings. The lowest BCUT2D eigenvalue weighted by molar-refractivity contribution is 0.0949. The Hall–Kier alpha value is -2.92. The van der Waals surface area contributed by atoms with E-state index in [-0.39, 0.29) is 5.91 Å². The highest BCUT2D eigenvalue weighted by Crippen LogP contribution is 2.19. The van der Waals surface area contributed by atoms with Gasteiger partial charge in [0.1, 0.15) is 5.82 Å². The molecule has 1 heterocycles. The van der Waals surface area contributed by atoms with Crippen LogP contribution < -0.4 is 5.32 Å². The van der Waals surface area contributed by atoms with Crippen molar-refractivity contribution in [3.63, 3.8) is 0 Å². The maximum atomic E-state index is 12.5. The molecule has 1 aromatic heterocycles. The second-order valence-corrected chi connectivity index (χ2v) is 7.70. The van der Waals surface area contributed by atoms with Gasteiger partial charge in [0.2, 0.25) is 0 Å². The van der Waals surface area contributed by atoms with E-state index in [1.165, 1.54) is 5.56 Å². The van der Waals surface area contributed by atoms with Gasteiger partial charge in [-0.3, -0.25) is 4.79 Å². The number of rotatable bonds is 5. The minimum absolute atomic E-state index is 0.0917. The molecule has 5 heteroatoms. The van der Waals surface area contributed by atoms with Crippen LogP contribution in [0.5, 0.6) is 0 Å². The fourth-order valence-electron chi connectivity index (χ4n) is 3.26. The number of aromatic nitrogens is 2. The number of imidazole rings is 1. The lowest BCUT2D eigenvalue weighted by Crippen LogP contribution is -2.25. The molecule has 28 heavy (non-hydrogen) atoms. The average Bonchev–Trinajstić information content (AvgIpc) is 3.05. The number of amides is 1. The number of fused-ring (bicyclic) bond motifs is 1. The molecule has 0 saturated carbocycles. The number of aryl methyl sites for hydroxylation is 1. The third kappa shape index (κ3) is 3.99. The van der Waals surface area contributed by atoms with Crippen LogP contribution in [-0.2, 0) is 13.1 Å². The number of nitrogens with one attached hydrogen (secondary N) is 1. The van der Waals surface area contributed by atoms with E-state index in [2.05, 4.69) is 44.0 Å². The van der Waals surface area contributed by atoms with Crippen LogP contribution in [0.2, 0.25) is 0 Å². The summed E-state index contributed by atoms with van der Waals surface area (Å²) >= 11 is 3.48. The molecule has 0 spiro atoms. The van der Waals surface area contributed by atoms with Crippen LogP contribution in [0, 0.1) is 6.92 Å². The van der Waals surface area contributed by atoms with E-state index in [1.807, 2.05) is 61.5 Å². The van der Waals surface area contributed by atoms with Gasteiger partial charge in [-0.15, -0.1) is 0 Å². The standard InChI is InChI=1S/C23H20BrN3O/c1-16-5-4-6-18(13-16)23(28)25-14-22-26-20-7-2-3-8-21(20)27(22)15-17-9-11-19(24)12-10-17/h2-13H,14-15H2,1H3,(H,25,28). The Balaban J connectivity index is 1.61. The van der Waals surface area contributed by atoms with Crippen LogP contribution in [0.15, 0.2) is 77.3 Å². The monoisotopic (exact) mass is 433 g/mol. The molecule has 4 nitrogen and oxygen atoms in total. The van der Waals surface area contributed by atoms with Crippen molar-refractivity contribution in [2.45, 2.75) is 20.0 Å². The smallest absolute Gasteiger partial charge is 0.251 e. The van der Waals surface area contributed by atoms with Crippen molar-refractivity contribution in [3.05, 3.63) is 99.8 Å². The van der Waals surface area contributed by atoms with Crippen LogP contribution >= 0.6 is 15.9 Å². The van der Waals surface area contributed by atoms with Crippen molar-refractivity contribution in [1.29, 1.82) is 0 Å². The summed E-state index contributed by atoms with van der Waals surface area (Å²) in [5.74, 6) is 0.746. The van der Waals surface area contributed by atoms with E-state index in [4.69, 9.17) is 4.98 Å². The number of benzene rings is 3. The second-order valence-electron chi connectivity index (χ2n) is 6.78. The third-order valence-corrected chi connectivity index (χ3v) is 5.20. The predicted octanol–water partition coefficient (Wildman–Crippen LogP) is 5.09. The molecular formula is C23H20BrN3O. The Labute approximate surface area is 172 Å². The molecule has 1 N–H and O–H groups in total. The molecule has 1 amide bonds. The number of para-hydroxylation sites is 2. The highest BCUT2D eigenvalue weighted by atomic mass is 79.9. The zero-order valence-electron chi connectivity index (χ0n) is 15.5. The van der Waals surface area contributed by atoms with Gasteiger partial charge in [0.05, 0.1) is 17.6 Å². The average molecular weight is 434 g/mol. The molecule has 0 aliphatic carbocycles. The van der Waals surface area contributed by atoms with Crippen molar-refractivity contribution < 1.29 is 4.79 Å². The van der Waals surface area contributed by atoms with E-state index in [0.29, 0.717) is 18.7 Å². The molecule has 0 unspecified atom stereocenters. The van der Waals surface area contributed by atoms with E-state index in [9.17, 15) is 4.79 Å². The topological polar surface area (TPSA) is 46.9 Å². The molecular weight excluding hydrogens is 414 g/mol. The molecule has 0 fully saturated rings. The normalized spacial score (nSPS) is 10.9. The number of halogens is 1. The number of hydrogen-bond donors (Lipinski definition) is 1. The second kappa shape index (κ2) is 7.98. The lowest BCUT2D eigenvalue weighted by atomic mass is 10.1. The van der Waals surface area contributed by atoms with Crippen molar-refractivity contribution in [2.75, 3.05) is 0 Å². The Bertz CT molecular complexity index is 1130.